The van der Waals surface area contributed by atoms with Crippen LogP contribution in [-0.4, -0.2) is 36.3 Å². The fourth-order valence-corrected chi connectivity index (χ4v) is 3.18. The van der Waals surface area contributed by atoms with Crippen molar-refractivity contribution in [3.8, 4) is 0 Å². The van der Waals surface area contributed by atoms with Crippen LogP contribution >= 0.6 is 15.9 Å². The molecule has 3 aromatic rings. The van der Waals surface area contributed by atoms with Crippen LogP contribution in [0.4, 0.5) is 17.5 Å². The number of nitrogens with zero attached hydrogens (tertiary/aromatic N) is 2. The van der Waals surface area contributed by atoms with Gasteiger partial charge in [-0.25, -0.2) is 4.98 Å². The molecule has 0 unspecified atom stereocenters. The smallest absolute Gasteiger partial charge is 0.238 e. The molecule has 0 bridgehead atoms. The lowest BCUT2D eigenvalue weighted by Gasteiger charge is -2.23. The molecule has 24 heavy (non-hydrogen) atoms. The van der Waals surface area contributed by atoms with Gasteiger partial charge in [-0.3, -0.25) is 4.90 Å². The molecule has 1 aliphatic heterocycles. The molecule has 2 heterocycles. The minimum atomic E-state index is 0.630. The summed E-state index contributed by atoms with van der Waals surface area (Å²) >= 11 is 3.45. The molecule has 0 atom stereocenters. The van der Waals surface area contributed by atoms with Crippen molar-refractivity contribution in [2.24, 2.45) is 0 Å². The van der Waals surface area contributed by atoms with E-state index in [2.05, 4.69) is 32.3 Å². The Balaban J connectivity index is 1.74. The van der Waals surface area contributed by atoms with Crippen LogP contribution in [0.1, 0.15) is 0 Å². The van der Waals surface area contributed by atoms with Gasteiger partial charge in [0.15, 0.2) is 0 Å². The van der Waals surface area contributed by atoms with Crippen LogP contribution in [0.25, 0.3) is 10.9 Å². The van der Waals surface area contributed by atoms with Crippen molar-refractivity contribution < 1.29 is 9.64 Å². The van der Waals surface area contributed by atoms with Gasteiger partial charge in [-0.05, 0) is 36.4 Å². The van der Waals surface area contributed by atoms with Crippen LogP contribution in [0, 0.1) is 0 Å². The maximum atomic E-state index is 5.49. The third kappa shape index (κ3) is 3.26. The lowest BCUT2D eigenvalue weighted by molar-refractivity contribution is -0.843. The quantitative estimate of drug-likeness (QED) is 0.727. The summed E-state index contributed by atoms with van der Waals surface area (Å²) in [4.78, 5) is 10.8. The topological polar surface area (TPSA) is 51.5 Å². The molecule has 5 nitrogen and oxygen atoms in total. The normalized spacial score (nSPS) is 15.5. The first-order valence-corrected chi connectivity index (χ1v) is 8.81. The summed E-state index contributed by atoms with van der Waals surface area (Å²) in [5.41, 5.74) is 1.93. The molecule has 2 aromatic carbocycles. The summed E-state index contributed by atoms with van der Waals surface area (Å²) in [7, 11) is 0. The van der Waals surface area contributed by atoms with E-state index in [4.69, 9.17) is 9.72 Å². The van der Waals surface area contributed by atoms with Gasteiger partial charge in [0.25, 0.3) is 0 Å². The van der Waals surface area contributed by atoms with Crippen LogP contribution in [0.5, 0.6) is 0 Å². The number of rotatable bonds is 3. The molecule has 2 N–H and O–H groups in total. The predicted octanol–water partition coefficient (Wildman–Crippen LogP) is 2.68. The number of para-hydroxylation sites is 1. The van der Waals surface area contributed by atoms with Crippen molar-refractivity contribution in [2.45, 2.75) is 0 Å². The molecule has 1 aromatic heterocycles. The number of morpholine rings is 1. The van der Waals surface area contributed by atoms with E-state index in [1.165, 1.54) is 4.90 Å². The fourth-order valence-electron chi connectivity index (χ4n) is 2.92. The minimum absolute atomic E-state index is 0.630. The van der Waals surface area contributed by atoms with E-state index in [1.807, 2.05) is 42.5 Å². The number of halogens is 1. The summed E-state index contributed by atoms with van der Waals surface area (Å²) in [6.07, 6.45) is 0. The molecule has 0 amide bonds. The van der Waals surface area contributed by atoms with Crippen molar-refractivity contribution >= 4 is 44.3 Å². The number of ether oxygens (including phenoxy) is 1. The van der Waals surface area contributed by atoms with Gasteiger partial charge in [-0.15, -0.1) is 0 Å². The van der Waals surface area contributed by atoms with Gasteiger partial charge in [-0.2, -0.15) is 4.98 Å². The first-order valence-electron chi connectivity index (χ1n) is 8.02. The number of nitrogens with one attached hydrogen (secondary N) is 2. The second kappa shape index (κ2) is 6.84. The van der Waals surface area contributed by atoms with E-state index in [0.717, 1.165) is 53.2 Å². The highest BCUT2D eigenvalue weighted by Crippen LogP contribution is 2.22. The van der Waals surface area contributed by atoms with Crippen LogP contribution in [0.2, 0.25) is 0 Å². The van der Waals surface area contributed by atoms with Crippen LogP contribution in [-0.2, 0) is 4.74 Å². The zero-order chi connectivity index (χ0) is 16.4. The molecule has 1 fully saturated rings. The Hall–Kier alpha value is -2.02. The van der Waals surface area contributed by atoms with Gasteiger partial charge >= 0.3 is 0 Å². The zero-order valence-corrected chi connectivity index (χ0v) is 14.7. The van der Waals surface area contributed by atoms with Crippen molar-refractivity contribution in [1.29, 1.82) is 0 Å². The number of fused-ring (bicyclic) bond motifs is 1. The molecule has 4 rings (SSSR count). The van der Waals surface area contributed by atoms with E-state index >= 15 is 0 Å². The average molecular weight is 386 g/mol. The summed E-state index contributed by atoms with van der Waals surface area (Å²) in [6, 6.07) is 16.2. The standard InChI is InChI=1S/C18H17BrN4O/c19-13-5-7-14(8-6-13)20-18-21-16-4-2-1-3-15(16)17(22-18)23-9-11-24-12-10-23/h1-8H,9-12H2,(H,20,21,22)/p+1. The Morgan fingerprint density at radius 3 is 2.50 bits per heavy atom. The number of hydrogen-bond donors (Lipinski definition) is 2. The second-order valence-corrected chi connectivity index (χ2v) is 6.68. The van der Waals surface area contributed by atoms with E-state index in [0.29, 0.717) is 5.95 Å². The highest BCUT2D eigenvalue weighted by Gasteiger charge is 2.22. The molecule has 122 valence electrons. The number of aromatic nitrogens is 2. The van der Waals surface area contributed by atoms with Gasteiger partial charge in [0, 0.05) is 10.2 Å². The molecular weight excluding hydrogens is 368 g/mol. The first-order chi connectivity index (χ1) is 11.8. The Morgan fingerprint density at radius 2 is 1.71 bits per heavy atom. The Kier molecular flexibility index (Phi) is 4.42. The SMILES string of the molecule is Brc1ccc(Nc2nc([NH+]3CCOCC3)c3ccccc3n2)cc1. The van der Waals surface area contributed by atoms with Gasteiger partial charge in [-0.1, -0.05) is 28.1 Å². The van der Waals surface area contributed by atoms with Crippen molar-refractivity contribution in [2.75, 3.05) is 31.6 Å². The van der Waals surface area contributed by atoms with E-state index in [1.54, 1.807) is 0 Å². The summed E-state index contributed by atoms with van der Waals surface area (Å²) in [5.74, 6) is 1.67. The molecule has 1 saturated heterocycles. The Labute approximate surface area is 148 Å². The third-order valence-corrected chi connectivity index (χ3v) is 4.66. The fraction of sp³-hybridized carbons (Fsp3) is 0.222. The number of anilines is 2. The lowest BCUT2D eigenvalue weighted by Crippen LogP contribution is -3.09. The maximum Gasteiger partial charge on any atom is 0.238 e. The molecule has 0 radical (unpaired) electrons. The molecule has 0 aliphatic carbocycles. The van der Waals surface area contributed by atoms with Crippen LogP contribution in [0.15, 0.2) is 53.0 Å². The number of hydrogen-bond acceptors (Lipinski definition) is 4. The lowest BCUT2D eigenvalue weighted by atomic mass is 10.2. The van der Waals surface area contributed by atoms with Crippen molar-refractivity contribution in [1.82, 2.24) is 9.97 Å². The number of benzene rings is 2. The average Bonchev–Trinajstić information content (AvgIpc) is 2.64. The van der Waals surface area contributed by atoms with Gasteiger partial charge < -0.3 is 10.1 Å². The predicted molar refractivity (Wildman–Crippen MR) is 98.1 cm³/mol. The van der Waals surface area contributed by atoms with Crippen molar-refractivity contribution in [3.05, 3.63) is 53.0 Å². The highest BCUT2D eigenvalue weighted by molar-refractivity contribution is 9.10. The summed E-state index contributed by atoms with van der Waals surface area (Å²) in [6.45, 7) is 3.39. The third-order valence-electron chi connectivity index (χ3n) is 4.13. The molecule has 0 saturated carbocycles. The Morgan fingerprint density at radius 1 is 0.958 bits per heavy atom. The van der Waals surface area contributed by atoms with E-state index in [-0.39, 0.29) is 0 Å². The van der Waals surface area contributed by atoms with E-state index < -0.39 is 0 Å². The second-order valence-electron chi connectivity index (χ2n) is 5.76. The molecule has 1 aliphatic rings. The maximum absolute atomic E-state index is 5.49. The monoisotopic (exact) mass is 385 g/mol. The molecular formula is C18H18BrN4O+. The Bertz CT molecular complexity index is 847. The zero-order valence-electron chi connectivity index (χ0n) is 13.1. The summed E-state index contributed by atoms with van der Waals surface area (Å²) < 4.78 is 6.53. The largest absolute Gasteiger partial charge is 0.370 e. The minimum Gasteiger partial charge on any atom is -0.370 e. The molecule has 6 heteroatoms. The van der Waals surface area contributed by atoms with E-state index in [9.17, 15) is 0 Å². The first kappa shape index (κ1) is 15.5. The van der Waals surface area contributed by atoms with Crippen molar-refractivity contribution in [3.63, 3.8) is 0 Å². The molecule has 0 spiro atoms. The van der Waals surface area contributed by atoms with Crippen LogP contribution in [0.3, 0.4) is 0 Å². The van der Waals surface area contributed by atoms with Gasteiger partial charge in [0.05, 0.1) is 24.1 Å². The van der Waals surface area contributed by atoms with Gasteiger partial charge in [0.1, 0.15) is 13.1 Å². The highest BCUT2D eigenvalue weighted by atomic mass is 79.9. The van der Waals surface area contributed by atoms with Gasteiger partial charge in [0.2, 0.25) is 11.8 Å². The number of quaternary nitrogens is 1. The van der Waals surface area contributed by atoms with Crippen LogP contribution < -0.4 is 10.2 Å². The summed E-state index contributed by atoms with van der Waals surface area (Å²) in [5, 5.41) is 4.42.